The molecule has 0 aromatic heterocycles. The number of rotatable bonds is 5. The Morgan fingerprint density at radius 2 is 1.81 bits per heavy atom. The van der Waals surface area contributed by atoms with E-state index in [1.54, 1.807) is 0 Å². The molecule has 0 aliphatic carbocycles. The van der Waals surface area contributed by atoms with Crippen molar-refractivity contribution in [1.82, 2.24) is 4.90 Å². The van der Waals surface area contributed by atoms with Gasteiger partial charge in [0.1, 0.15) is 12.4 Å². The van der Waals surface area contributed by atoms with Gasteiger partial charge in [-0.15, -0.1) is 0 Å². The van der Waals surface area contributed by atoms with Crippen LogP contribution in [0.25, 0.3) is 0 Å². The van der Waals surface area contributed by atoms with Crippen molar-refractivity contribution in [2.75, 3.05) is 13.2 Å². The molecule has 0 saturated carbocycles. The molecule has 2 aromatic rings. The maximum absolute atomic E-state index is 5.96. The lowest BCUT2D eigenvalue weighted by Crippen LogP contribution is -2.43. The Hall–Kier alpha value is -1.80. The Morgan fingerprint density at radius 1 is 1.05 bits per heavy atom. The quantitative estimate of drug-likeness (QED) is 0.824. The van der Waals surface area contributed by atoms with E-state index in [1.807, 2.05) is 6.07 Å². The summed E-state index contributed by atoms with van der Waals surface area (Å²) in [5.74, 6) is 1.06. The van der Waals surface area contributed by atoms with Gasteiger partial charge in [0.05, 0.1) is 0 Å². The van der Waals surface area contributed by atoms with E-state index >= 15 is 0 Å². The second kappa shape index (κ2) is 6.77. The molecule has 0 fully saturated rings. The summed E-state index contributed by atoms with van der Waals surface area (Å²) in [7, 11) is 0. The molecular weight excluding hydrogens is 258 g/mol. The van der Waals surface area contributed by atoms with Crippen LogP contribution in [0.2, 0.25) is 0 Å². The Balaban J connectivity index is 1.73. The van der Waals surface area contributed by atoms with Gasteiger partial charge in [-0.1, -0.05) is 55.5 Å². The zero-order valence-electron chi connectivity index (χ0n) is 12.7. The van der Waals surface area contributed by atoms with Crippen LogP contribution in [0.15, 0.2) is 54.6 Å². The number of benzene rings is 2. The summed E-state index contributed by atoms with van der Waals surface area (Å²) in [4.78, 5) is 2.56. The predicted molar refractivity (Wildman–Crippen MR) is 86.6 cm³/mol. The highest BCUT2D eigenvalue weighted by Crippen LogP contribution is 2.26. The molecule has 0 saturated heterocycles. The molecule has 0 amide bonds. The highest BCUT2D eigenvalue weighted by Gasteiger charge is 2.24. The lowest BCUT2D eigenvalue weighted by molar-refractivity contribution is 0.113. The summed E-state index contributed by atoms with van der Waals surface area (Å²) in [6.45, 7) is 5.16. The zero-order valence-corrected chi connectivity index (χ0v) is 12.7. The molecule has 1 heterocycles. The van der Waals surface area contributed by atoms with E-state index in [0.29, 0.717) is 6.04 Å². The van der Waals surface area contributed by atoms with Gasteiger partial charge < -0.3 is 4.74 Å². The van der Waals surface area contributed by atoms with Crippen LogP contribution in [0.3, 0.4) is 0 Å². The molecule has 2 heteroatoms. The first-order valence-corrected chi connectivity index (χ1v) is 7.85. The maximum atomic E-state index is 5.96. The van der Waals surface area contributed by atoms with Crippen LogP contribution in [0.1, 0.15) is 24.5 Å². The lowest BCUT2D eigenvalue weighted by Gasteiger charge is -2.35. The van der Waals surface area contributed by atoms with E-state index in [0.717, 1.165) is 31.9 Å². The van der Waals surface area contributed by atoms with Crippen molar-refractivity contribution in [2.24, 2.45) is 0 Å². The largest absolute Gasteiger partial charge is 0.492 e. The van der Waals surface area contributed by atoms with Crippen molar-refractivity contribution >= 4 is 0 Å². The molecule has 21 heavy (non-hydrogen) atoms. The predicted octanol–water partition coefficient (Wildman–Crippen LogP) is 3.90. The minimum atomic E-state index is 0.472. The van der Waals surface area contributed by atoms with E-state index in [9.17, 15) is 0 Å². The molecule has 1 unspecified atom stereocenters. The lowest BCUT2D eigenvalue weighted by atomic mass is 10.0. The molecule has 1 aliphatic rings. The van der Waals surface area contributed by atoms with Gasteiger partial charge in [-0.25, -0.2) is 0 Å². The first-order valence-electron chi connectivity index (χ1n) is 7.85. The van der Waals surface area contributed by atoms with Crippen LogP contribution < -0.4 is 4.74 Å². The molecule has 0 radical (unpaired) electrons. The number of ether oxygens (including phenoxy) is 1. The van der Waals surface area contributed by atoms with Crippen LogP contribution in [0.5, 0.6) is 5.75 Å². The van der Waals surface area contributed by atoms with Crippen LogP contribution in [0.4, 0.5) is 0 Å². The van der Waals surface area contributed by atoms with Gasteiger partial charge in [-0.3, -0.25) is 4.90 Å². The Labute approximate surface area is 127 Å². The van der Waals surface area contributed by atoms with Crippen molar-refractivity contribution in [3.8, 4) is 5.75 Å². The van der Waals surface area contributed by atoms with Crippen molar-refractivity contribution in [3.63, 3.8) is 0 Å². The van der Waals surface area contributed by atoms with Crippen molar-refractivity contribution in [3.05, 3.63) is 65.7 Å². The summed E-state index contributed by atoms with van der Waals surface area (Å²) in [6.07, 6.45) is 2.26. The molecule has 2 nitrogen and oxygen atoms in total. The number of para-hydroxylation sites is 1. The maximum Gasteiger partial charge on any atom is 0.122 e. The molecule has 0 spiro atoms. The Bertz CT molecular complexity index is 567. The molecule has 110 valence electrons. The first kappa shape index (κ1) is 14.2. The van der Waals surface area contributed by atoms with Gasteiger partial charge in [0.25, 0.3) is 0 Å². The smallest absolute Gasteiger partial charge is 0.122 e. The normalized spacial score (nSPS) is 17.3. The molecule has 0 bridgehead atoms. The third-order valence-electron chi connectivity index (χ3n) is 4.12. The van der Waals surface area contributed by atoms with E-state index < -0.39 is 0 Å². The topological polar surface area (TPSA) is 12.5 Å². The van der Waals surface area contributed by atoms with E-state index in [4.69, 9.17) is 4.74 Å². The molecule has 1 aliphatic heterocycles. The van der Waals surface area contributed by atoms with Crippen LogP contribution in [-0.4, -0.2) is 24.1 Å². The van der Waals surface area contributed by atoms with Crippen molar-refractivity contribution < 1.29 is 4.74 Å². The highest BCUT2D eigenvalue weighted by atomic mass is 16.5. The second-order valence-electron chi connectivity index (χ2n) is 5.73. The average molecular weight is 281 g/mol. The average Bonchev–Trinajstić information content (AvgIpc) is 2.55. The number of hydrogen-bond acceptors (Lipinski definition) is 2. The molecule has 1 atom stereocenters. The first-order chi connectivity index (χ1) is 10.4. The van der Waals surface area contributed by atoms with Crippen LogP contribution >= 0.6 is 0 Å². The van der Waals surface area contributed by atoms with Gasteiger partial charge in [-0.2, -0.15) is 0 Å². The summed E-state index contributed by atoms with van der Waals surface area (Å²) in [5.41, 5.74) is 2.72. The van der Waals surface area contributed by atoms with Gasteiger partial charge >= 0.3 is 0 Å². The summed E-state index contributed by atoms with van der Waals surface area (Å²) < 4.78 is 5.96. The van der Waals surface area contributed by atoms with E-state index in [2.05, 4.69) is 60.4 Å². The Morgan fingerprint density at radius 3 is 2.62 bits per heavy atom. The minimum Gasteiger partial charge on any atom is -0.492 e. The summed E-state index contributed by atoms with van der Waals surface area (Å²) in [6, 6.07) is 19.6. The van der Waals surface area contributed by atoms with Crippen molar-refractivity contribution in [2.45, 2.75) is 32.4 Å². The monoisotopic (exact) mass is 281 g/mol. The minimum absolute atomic E-state index is 0.472. The van der Waals surface area contributed by atoms with E-state index in [1.165, 1.54) is 17.5 Å². The molecular formula is C19H23NO. The second-order valence-corrected chi connectivity index (χ2v) is 5.73. The fourth-order valence-corrected chi connectivity index (χ4v) is 3.04. The molecule has 3 rings (SSSR count). The van der Waals surface area contributed by atoms with Gasteiger partial charge in [0.15, 0.2) is 0 Å². The zero-order chi connectivity index (χ0) is 14.5. The fourth-order valence-electron chi connectivity index (χ4n) is 3.04. The third kappa shape index (κ3) is 3.45. The van der Waals surface area contributed by atoms with Gasteiger partial charge in [0.2, 0.25) is 0 Å². The van der Waals surface area contributed by atoms with Gasteiger partial charge in [0, 0.05) is 12.6 Å². The standard InChI is InChI=1S/C19H23NO/c1-2-12-20(14-16-8-4-3-5-9-16)18-13-17-10-6-7-11-19(17)21-15-18/h3-11,18H,2,12-15H2,1H3. The summed E-state index contributed by atoms with van der Waals surface area (Å²) in [5, 5.41) is 0. The third-order valence-corrected chi connectivity index (χ3v) is 4.12. The van der Waals surface area contributed by atoms with Crippen LogP contribution in [0, 0.1) is 0 Å². The number of nitrogens with zero attached hydrogens (tertiary/aromatic N) is 1. The van der Waals surface area contributed by atoms with E-state index in [-0.39, 0.29) is 0 Å². The Kier molecular flexibility index (Phi) is 4.56. The van der Waals surface area contributed by atoms with Crippen molar-refractivity contribution in [1.29, 1.82) is 0 Å². The van der Waals surface area contributed by atoms with Crippen LogP contribution in [-0.2, 0) is 13.0 Å². The fraction of sp³-hybridized carbons (Fsp3) is 0.368. The molecule has 0 N–H and O–H groups in total. The highest BCUT2D eigenvalue weighted by molar-refractivity contribution is 5.35. The number of fused-ring (bicyclic) bond motifs is 1. The van der Waals surface area contributed by atoms with Gasteiger partial charge in [-0.05, 0) is 36.6 Å². The summed E-state index contributed by atoms with van der Waals surface area (Å²) >= 11 is 0. The molecule has 2 aromatic carbocycles. The SMILES string of the molecule is CCCN(Cc1ccccc1)C1COc2ccccc2C1. The number of hydrogen-bond donors (Lipinski definition) is 0.